The van der Waals surface area contributed by atoms with Gasteiger partial charge in [0.2, 0.25) is 5.91 Å². The highest BCUT2D eigenvalue weighted by atomic mass is 35.5. The summed E-state index contributed by atoms with van der Waals surface area (Å²) in [6, 6.07) is 26.0. The largest absolute Gasteiger partial charge is 0.444 e. The number of carbonyl (C=O) groups excluding carboxylic acids is 2. The lowest BCUT2D eigenvalue weighted by molar-refractivity contribution is -0.133. The summed E-state index contributed by atoms with van der Waals surface area (Å²) in [4.78, 5) is 37.8. The predicted molar refractivity (Wildman–Crippen MR) is 242 cm³/mol. The van der Waals surface area contributed by atoms with Crippen LogP contribution in [0.1, 0.15) is 90.4 Å². The van der Waals surface area contributed by atoms with Crippen LogP contribution in [0.2, 0.25) is 5.02 Å². The Balaban J connectivity index is 0.889. The number of piperidine rings is 1. The minimum absolute atomic E-state index is 0.0485. The molecule has 1 atom stereocenters. The molecule has 2 amide bonds. The van der Waals surface area contributed by atoms with Crippen LogP contribution in [-0.4, -0.2) is 85.3 Å². The number of hydrogen-bond donors (Lipinski definition) is 0. The van der Waals surface area contributed by atoms with Gasteiger partial charge in [-0.05, 0) is 101 Å². The van der Waals surface area contributed by atoms with Crippen LogP contribution in [0.5, 0.6) is 0 Å². The number of halogens is 1. The van der Waals surface area contributed by atoms with Crippen LogP contribution in [-0.2, 0) is 27.4 Å². The average molecular weight is 861 g/mol. The summed E-state index contributed by atoms with van der Waals surface area (Å²) >= 11 is 7.99. The van der Waals surface area contributed by atoms with Crippen molar-refractivity contribution in [3.8, 4) is 5.00 Å². The molecule has 2 aliphatic heterocycles. The number of nitrogens with zero attached hydrogens (tertiary/aromatic N) is 7. The Kier molecular flexibility index (Phi) is 12.5. The van der Waals surface area contributed by atoms with Gasteiger partial charge in [0.05, 0.1) is 18.7 Å². The molecular weight excluding hydrogens is 806 g/mol. The third kappa shape index (κ3) is 9.46. The SMILES string of the molecule is Cc1sc2c(c1C)C(c1ccc(Cl)cc1)=N[C@@H](CC(=O)N1CCC(COCCN(Cc3cccc4c3ccn4Cc3ccccc3)C(=O)OC(C)(C)C)CC1)c1nnc(C)n1-2. The summed E-state index contributed by atoms with van der Waals surface area (Å²) in [5, 5.41) is 11.8. The fourth-order valence-corrected chi connectivity index (χ4v) is 9.65. The summed E-state index contributed by atoms with van der Waals surface area (Å²) in [5.74, 6) is 1.80. The molecule has 0 N–H and O–H groups in total. The maximum absolute atomic E-state index is 14.0. The van der Waals surface area contributed by atoms with Crippen LogP contribution >= 0.6 is 22.9 Å². The van der Waals surface area contributed by atoms with E-state index < -0.39 is 11.6 Å². The van der Waals surface area contributed by atoms with Crippen molar-refractivity contribution >= 4 is 51.6 Å². The zero-order valence-electron chi connectivity index (χ0n) is 35.9. The molecule has 0 spiro atoms. The molecule has 0 bridgehead atoms. The van der Waals surface area contributed by atoms with Gasteiger partial charge in [0.1, 0.15) is 22.5 Å². The molecule has 11 nitrogen and oxygen atoms in total. The summed E-state index contributed by atoms with van der Waals surface area (Å²) in [5.41, 5.74) is 6.77. The number of likely N-dealkylation sites (tertiary alicyclic amines) is 1. The molecule has 61 heavy (non-hydrogen) atoms. The molecular formula is C48H54ClN7O4S. The zero-order chi connectivity index (χ0) is 42.8. The topological polar surface area (TPSA) is 107 Å². The number of fused-ring (bicyclic) bond motifs is 4. The second-order valence-electron chi connectivity index (χ2n) is 17.2. The number of benzene rings is 3. The number of rotatable bonds is 12. The Morgan fingerprint density at radius 2 is 1.69 bits per heavy atom. The first kappa shape index (κ1) is 42.4. The molecule has 13 heteroatoms. The van der Waals surface area contributed by atoms with E-state index in [2.05, 4.69) is 87.9 Å². The minimum atomic E-state index is -0.629. The number of hydrogen-bond acceptors (Lipinski definition) is 8. The Hall–Kier alpha value is -5.30. The molecule has 2 aliphatic rings. The summed E-state index contributed by atoms with van der Waals surface area (Å²) < 4.78 is 16.4. The molecule has 5 heterocycles. The van der Waals surface area contributed by atoms with Crippen molar-refractivity contribution in [3.05, 3.63) is 134 Å². The van der Waals surface area contributed by atoms with Gasteiger partial charge < -0.3 is 23.8 Å². The Morgan fingerprint density at radius 1 is 0.934 bits per heavy atom. The van der Waals surface area contributed by atoms with Crippen molar-refractivity contribution in [3.63, 3.8) is 0 Å². The first-order chi connectivity index (χ1) is 29.3. The Morgan fingerprint density at radius 3 is 2.43 bits per heavy atom. The van der Waals surface area contributed by atoms with Crippen LogP contribution in [0, 0.1) is 26.7 Å². The van der Waals surface area contributed by atoms with Crippen molar-refractivity contribution in [2.45, 2.75) is 85.5 Å². The van der Waals surface area contributed by atoms with Gasteiger partial charge in [-0.3, -0.25) is 14.4 Å². The molecule has 318 valence electrons. The van der Waals surface area contributed by atoms with Gasteiger partial charge in [-0.1, -0.05) is 66.2 Å². The summed E-state index contributed by atoms with van der Waals surface area (Å²) in [7, 11) is 0. The van der Waals surface area contributed by atoms with Gasteiger partial charge in [-0.15, -0.1) is 21.5 Å². The van der Waals surface area contributed by atoms with Crippen molar-refractivity contribution in [2.75, 3.05) is 32.8 Å². The van der Waals surface area contributed by atoms with Crippen LogP contribution in [0.15, 0.2) is 90.1 Å². The highest BCUT2D eigenvalue weighted by Gasteiger charge is 2.34. The number of aliphatic imine (C=N–C) groups is 1. The van der Waals surface area contributed by atoms with Gasteiger partial charge in [-0.2, -0.15) is 0 Å². The van der Waals surface area contributed by atoms with Crippen molar-refractivity contribution in [1.82, 2.24) is 29.1 Å². The van der Waals surface area contributed by atoms with Crippen LogP contribution in [0.3, 0.4) is 0 Å². The summed E-state index contributed by atoms with van der Waals surface area (Å²) in [6.07, 6.45) is 3.60. The van der Waals surface area contributed by atoms with Crippen molar-refractivity contribution in [2.24, 2.45) is 10.9 Å². The Labute approximate surface area is 367 Å². The molecule has 8 rings (SSSR count). The fourth-order valence-electron chi connectivity index (χ4n) is 8.31. The van der Waals surface area contributed by atoms with Crippen LogP contribution in [0.25, 0.3) is 15.9 Å². The van der Waals surface area contributed by atoms with Gasteiger partial charge in [0.15, 0.2) is 5.82 Å². The van der Waals surface area contributed by atoms with E-state index >= 15 is 0 Å². The lowest BCUT2D eigenvalue weighted by atomic mass is 9.97. The maximum Gasteiger partial charge on any atom is 0.410 e. The zero-order valence-corrected chi connectivity index (χ0v) is 37.4. The number of carbonyl (C=O) groups is 2. The second kappa shape index (κ2) is 18.0. The first-order valence-electron chi connectivity index (χ1n) is 21.1. The van der Waals surface area contributed by atoms with Crippen molar-refractivity contribution < 1.29 is 19.1 Å². The minimum Gasteiger partial charge on any atom is -0.444 e. The van der Waals surface area contributed by atoms with E-state index in [9.17, 15) is 9.59 Å². The third-order valence-electron chi connectivity index (χ3n) is 11.7. The molecule has 0 aliphatic carbocycles. The van der Waals surface area contributed by atoms with Gasteiger partial charge in [-0.25, -0.2) is 4.79 Å². The lowest BCUT2D eigenvalue weighted by Crippen LogP contribution is -2.40. The number of aryl methyl sites for hydroxylation is 2. The van der Waals surface area contributed by atoms with Gasteiger partial charge >= 0.3 is 6.09 Å². The monoisotopic (exact) mass is 859 g/mol. The van der Waals surface area contributed by atoms with E-state index in [4.69, 9.17) is 26.1 Å². The highest BCUT2D eigenvalue weighted by molar-refractivity contribution is 7.15. The average Bonchev–Trinajstić information content (AvgIpc) is 3.89. The second-order valence-corrected chi connectivity index (χ2v) is 18.8. The van der Waals surface area contributed by atoms with Crippen molar-refractivity contribution in [1.29, 1.82) is 0 Å². The van der Waals surface area contributed by atoms with E-state index in [1.54, 1.807) is 16.2 Å². The molecule has 1 saturated heterocycles. The van der Waals surface area contributed by atoms with E-state index in [1.807, 2.05) is 62.9 Å². The smallest absolute Gasteiger partial charge is 0.410 e. The fraction of sp³-hybridized carbons (Fsp3) is 0.396. The number of amides is 2. The lowest BCUT2D eigenvalue weighted by Gasteiger charge is -2.32. The van der Waals surface area contributed by atoms with E-state index in [-0.39, 0.29) is 18.4 Å². The maximum atomic E-state index is 14.0. The van der Waals surface area contributed by atoms with Crippen LogP contribution in [0.4, 0.5) is 4.79 Å². The standard InChI is InChI=1S/C48H54ClN7O4S/c1-31-32(2)61-46-43(31)44(36-15-17-38(49)18-16-36)50-40(45-52-51-33(3)56(45)46)27-42(57)53-22-19-35(20-23-53)30-59-26-25-55(47(58)60-48(4,5)6)29-37-13-10-14-41-39(37)21-24-54(41)28-34-11-8-7-9-12-34/h7-18,21,24,35,40H,19-20,22-23,25-30H2,1-6H3/t40-/m0/s1. The Bertz CT molecular complexity index is 2550. The predicted octanol–water partition coefficient (Wildman–Crippen LogP) is 9.89. The molecule has 0 radical (unpaired) electrons. The normalized spacial score (nSPS) is 15.6. The number of ether oxygens (including phenoxy) is 2. The number of aromatic nitrogens is 4. The molecule has 3 aromatic carbocycles. The number of thiophene rings is 1. The third-order valence-corrected chi connectivity index (χ3v) is 13.1. The molecule has 6 aromatic rings. The van der Waals surface area contributed by atoms with Crippen LogP contribution < -0.4 is 0 Å². The molecule has 1 fully saturated rings. The molecule has 0 saturated carbocycles. The first-order valence-corrected chi connectivity index (χ1v) is 22.3. The molecule has 3 aromatic heterocycles. The van der Waals surface area contributed by atoms with E-state index in [0.29, 0.717) is 56.2 Å². The molecule has 0 unspecified atom stereocenters. The van der Waals surface area contributed by atoms with E-state index in [0.717, 1.165) is 69.1 Å². The van der Waals surface area contributed by atoms with E-state index in [1.165, 1.54) is 10.4 Å². The summed E-state index contributed by atoms with van der Waals surface area (Å²) in [6.45, 7) is 15.6. The quantitative estimate of drug-likeness (QED) is 0.114. The van der Waals surface area contributed by atoms with Gasteiger partial charge in [0, 0.05) is 77.5 Å². The highest BCUT2D eigenvalue weighted by Crippen LogP contribution is 2.40. The van der Waals surface area contributed by atoms with Gasteiger partial charge in [0.25, 0.3) is 0 Å².